The van der Waals surface area contributed by atoms with E-state index in [1.165, 1.54) is 41.3 Å². The molecule has 0 saturated carbocycles. The van der Waals surface area contributed by atoms with Crippen LogP contribution in [-0.4, -0.2) is 90.2 Å². The number of carboxylic acids is 1. The van der Waals surface area contributed by atoms with E-state index in [0.29, 0.717) is 33.0 Å². The fourth-order valence-corrected chi connectivity index (χ4v) is 9.58. The largest absolute Gasteiger partial charge is 0.505 e. The van der Waals surface area contributed by atoms with Gasteiger partial charge in [0.1, 0.15) is 39.3 Å². The zero-order valence-electron chi connectivity index (χ0n) is 34.6. The van der Waals surface area contributed by atoms with Crippen LogP contribution in [0.5, 0.6) is 17.4 Å². The molecule has 3 aromatic heterocycles. The van der Waals surface area contributed by atoms with E-state index in [2.05, 4.69) is 55.2 Å². The molecule has 0 aliphatic heterocycles. The number of hydrogen-bond acceptors (Lipinski definition) is 24. The highest BCUT2D eigenvalue weighted by atomic mass is 32.2. The van der Waals surface area contributed by atoms with Gasteiger partial charge in [-0.25, -0.2) is 10.2 Å². The van der Waals surface area contributed by atoms with Crippen molar-refractivity contribution in [2.24, 2.45) is 30.7 Å². The lowest BCUT2D eigenvalue weighted by atomic mass is 10.1. The van der Waals surface area contributed by atoms with Crippen LogP contribution in [0.1, 0.15) is 29.5 Å². The molecule has 0 saturated heterocycles. The first-order valence-corrected chi connectivity index (χ1v) is 24.6. The summed E-state index contributed by atoms with van der Waals surface area (Å²) in [6.45, 7) is 2.84. The van der Waals surface area contributed by atoms with Crippen LogP contribution in [0.25, 0.3) is 27.5 Å². The van der Waals surface area contributed by atoms with Crippen molar-refractivity contribution in [2.75, 3.05) is 18.1 Å². The lowest BCUT2D eigenvalue weighted by Gasteiger charge is -2.13. The Labute approximate surface area is 395 Å². The van der Waals surface area contributed by atoms with Crippen molar-refractivity contribution in [3.05, 3.63) is 71.3 Å². The van der Waals surface area contributed by atoms with Crippen molar-refractivity contribution in [3.63, 3.8) is 0 Å². The van der Waals surface area contributed by atoms with Gasteiger partial charge in [0.2, 0.25) is 5.88 Å². The lowest BCUT2D eigenvalue weighted by Crippen LogP contribution is -2.08. The highest BCUT2D eigenvalue weighted by Crippen LogP contribution is 2.48. The quantitative estimate of drug-likeness (QED) is 0.00834. The number of imidazole rings is 1. The molecule has 0 amide bonds. The molecule has 0 atom stereocenters. The molecule has 0 spiro atoms. The number of benzene rings is 4. The van der Waals surface area contributed by atoms with Crippen LogP contribution in [0.3, 0.4) is 0 Å². The van der Waals surface area contributed by atoms with Crippen LogP contribution in [-0.2, 0) is 34.4 Å². The summed E-state index contributed by atoms with van der Waals surface area (Å²) in [6.07, 6.45) is -0.242. The average Bonchev–Trinajstić information content (AvgIpc) is 3.90. The molecule has 0 radical (unpaired) electrons. The summed E-state index contributed by atoms with van der Waals surface area (Å²) in [5.74, 6) is -2.55. The number of fused-ring (bicyclic) bond motifs is 4. The fourth-order valence-electron chi connectivity index (χ4n) is 6.30. The number of azo groups is 3. The van der Waals surface area contributed by atoms with Gasteiger partial charge in [-0.05, 0) is 67.6 Å². The monoisotopic (exact) mass is 1030 g/mol. The Morgan fingerprint density at radius 1 is 0.926 bits per heavy atom. The maximum absolute atomic E-state index is 12.8. The highest BCUT2D eigenvalue weighted by molar-refractivity contribution is 8.01. The molecule has 0 unspecified atom stereocenters. The Morgan fingerprint density at radius 3 is 2.38 bits per heavy atom. The molecule has 7 rings (SSSR count). The fraction of sp³-hybridized carbons (Fsp3) is 0.184. The number of para-hydroxylation sites is 2. The number of carbonyl (C=O) groups is 1. The number of aryl methyl sites for hydroxylation is 1. The SMILES string of the molecule is Cc1cc(N=Nc2c(SOOO)cc3cc(S(=O)(=O)O)c(N=Nc4c(C)c(C#N)c5nc6ccccc6n5c4O)cc3c2O)c(OCCCS(=O)(=O)O)cc1N=Nc1nnc(SCCC(=O)O)s1. The van der Waals surface area contributed by atoms with Crippen molar-refractivity contribution < 1.29 is 65.4 Å². The standard InChI is InChI=1S/C38H31N11O14S5/c1-18-12-25(28(61-9-5-11-67(55,56)57)16-24(18)41-46-37-47-48-38(65-37)64-10-8-31(50)51)42-45-33-29(66-63-62-54)13-20-14-30(68(58,59)60)26(15-21(20)34(33)52)43-44-32-19(2)22(17-39)35-40-23-6-3-4-7-27(23)49(35)36(32)53/h3-4,6-7,12-16,52-54H,5,8-11H2,1-2H3,(H,50,51)(H,55,56,57)(H,58,59,60). The minimum Gasteiger partial charge on any atom is -0.505 e. The van der Waals surface area contributed by atoms with Crippen LogP contribution >= 0.6 is 35.1 Å². The predicted octanol–water partition coefficient (Wildman–Crippen LogP) is 9.54. The van der Waals surface area contributed by atoms with Gasteiger partial charge in [0.05, 0.1) is 52.4 Å². The molecule has 0 aliphatic carbocycles. The molecule has 0 bridgehead atoms. The second-order valence-electron chi connectivity index (χ2n) is 13.9. The third kappa shape index (κ3) is 11.1. The molecule has 30 heteroatoms. The van der Waals surface area contributed by atoms with E-state index in [0.717, 1.165) is 23.5 Å². The first kappa shape index (κ1) is 49.1. The number of phenolic OH excluding ortho intramolecular Hbond substituents is 1. The number of nitriles is 1. The minimum absolute atomic E-state index is 0.0122. The molecular formula is C38H31N11O14S5. The van der Waals surface area contributed by atoms with Gasteiger partial charge in [-0.3, -0.25) is 18.3 Å². The number of aromatic nitrogens is 4. The van der Waals surface area contributed by atoms with Gasteiger partial charge in [-0.2, -0.15) is 22.1 Å². The van der Waals surface area contributed by atoms with Crippen molar-refractivity contribution in [3.8, 4) is 23.4 Å². The first-order chi connectivity index (χ1) is 32.4. The third-order valence-corrected chi connectivity index (χ3v) is 13.6. The molecule has 68 heavy (non-hydrogen) atoms. The molecule has 0 aliphatic rings. The number of carboxylic acid groups (broad SMARTS) is 1. The van der Waals surface area contributed by atoms with Gasteiger partial charge in [-0.1, -0.05) is 40.3 Å². The second-order valence-corrected chi connectivity index (χ2v) is 19.9. The van der Waals surface area contributed by atoms with E-state index in [4.69, 9.17) is 15.1 Å². The number of phenols is 1. The summed E-state index contributed by atoms with van der Waals surface area (Å²) in [6, 6.07) is 14.8. The summed E-state index contributed by atoms with van der Waals surface area (Å²) in [7, 11) is -9.42. The van der Waals surface area contributed by atoms with Crippen LogP contribution < -0.4 is 4.74 Å². The van der Waals surface area contributed by atoms with Crippen molar-refractivity contribution in [1.29, 1.82) is 5.26 Å². The first-order valence-electron chi connectivity index (χ1n) is 19.0. The molecular weight excluding hydrogens is 995 g/mol. The molecule has 0 fully saturated rings. The smallest absolute Gasteiger partial charge is 0.304 e. The maximum Gasteiger partial charge on any atom is 0.304 e. The summed E-state index contributed by atoms with van der Waals surface area (Å²) >= 11 is 2.55. The number of aromatic hydroxyl groups is 2. The number of rotatable bonds is 19. The normalized spacial score (nSPS) is 12.4. The van der Waals surface area contributed by atoms with E-state index in [-0.39, 0.29) is 91.3 Å². The summed E-state index contributed by atoms with van der Waals surface area (Å²) in [5, 5.41) is 87.7. The van der Waals surface area contributed by atoms with Gasteiger partial charge in [-0.15, -0.1) is 45.2 Å². The number of nitrogens with zero attached hydrogens (tertiary/aromatic N) is 11. The molecule has 7 aromatic rings. The maximum atomic E-state index is 12.8. The second kappa shape index (κ2) is 20.6. The molecule has 25 nitrogen and oxygen atoms in total. The lowest BCUT2D eigenvalue weighted by molar-refractivity contribution is -0.432. The number of ether oxygens (including phenoxy) is 1. The van der Waals surface area contributed by atoms with Gasteiger partial charge >= 0.3 is 5.97 Å². The molecule has 3 heterocycles. The summed E-state index contributed by atoms with van der Waals surface area (Å²) in [5.41, 5.74) is 0.675. The Hall–Kier alpha value is -6.79. The Morgan fingerprint density at radius 2 is 1.66 bits per heavy atom. The van der Waals surface area contributed by atoms with Gasteiger partial charge in [0, 0.05) is 22.8 Å². The summed E-state index contributed by atoms with van der Waals surface area (Å²) in [4.78, 5) is 14.4. The van der Waals surface area contributed by atoms with Crippen LogP contribution in [0.15, 0.2) is 99.4 Å². The van der Waals surface area contributed by atoms with E-state index < -0.39 is 54.2 Å². The Kier molecular flexibility index (Phi) is 14.9. The van der Waals surface area contributed by atoms with Crippen LogP contribution in [0.4, 0.5) is 33.6 Å². The van der Waals surface area contributed by atoms with Gasteiger partial charge in [0.15, 0.2) is 21.4 Å². The number of aliphatic carboxylic acids is 1. The zero-order valence-corrected chi connectivity index (χ0v) is 38.7. The molecule has 6 N–H and O–H groups in total. The van der Waals surface area contributed by atoms with E-state index in [1.54, 1.807) is 31.2 Å². The average molecular weight is 1030 g/mol. The van der Waals surface area contributed by atoms with Gasteiger partial charge < -0.3 is 20.1 Å². The van der Waals surface area contributed by atoms with Gasteiger partial charge in [0.25, 0.3) is 25.4 Å². The minimum atomic E-state index is -5.08. The van der Waals surface area contributed by atoms with E-state index in [1.807, 2.05) is 6.07 Å². The zero-order chi connectivity index (χ0) is 48.9. The number of pyridine rings is 1. The molecule has 4 aromatic carbocycles. The van der Waals surface area contributed by atoms with Crippen molar-refractivity contribution in [2.45, 2.75) is 40.8 Å². The number of hydrogen-bond donors (Lipinski definition) is 6. The third-order valence-electron chi connectivity index (χ3n) is 9.39. The Balaban J connectivity index is 1.30. The van der Waals surface area contributed by atoms with Crippen molar-refractivity contribution >= 4 is 122 Å². The Bertz CT molecular complexity index is 3500. The topological polar surface area (TPSA) is 375 Å². The van der Waals surface area contributed by atoms with Crippen LogP contribution in [0.2, 0.25) is 0 Å². The van der Waals surface area contributed by atoms with E-state index >= 15 is 0 Å². The van der Waals surface area contributed by atoms with E-state index in [9.17, 15) is 46.2 Å². The highest BCUT2D eigenvalue weighted by Gasteiger charge is 2.24. The summed E-state index contributed by atoms with van der Waals surface area (Å²) < 4.78 is 80.1. The predicted molar refractivity (Wildman–Crippen MR) is 243 cm³/mol. The molecule has 352 valence electrons. The number of thioether (sulfide) groups is 1. The van der Waals surface area contributed by atoms with Crippen molar-refractivity contribution in [1.82, 2.24) is 19.6 Å². The van der Waals surface area contributed by atoms with Crippen LogP contribution in [0, 0.1) is 25.2 Å².